The summed E-state index contributed by atoms with van der Waals surface area (Å²) in [6.07, 6.45) is 5.48. The standard InChI is InChI=1S/C11H14BrClN2/c12-9-2-1-7-14-10(9)15-8-11(3-4-11)5-6-13/h1-2,7H,3-6,8H2,(H,14,15). The van der Waals surface area contributed by atoms with Crippen LogP contribution in [0.5, 0.6) is 0 Å². The van der Waals surface area contributed by atoms with Crippen LogP contribution in [0.1, 0.15) is 19.3 Å². The summed E-state index contributed by atoms with van der Waals surface area (Å²) in [6, 6.07) is 3.91. The van der Waals surface area contributed by atoms with Gasteiger partial charge in [-0.15, -0.1) is 11.6 Å². The number of halogens is 2. The lowest BCUT2D eigenvalue weighted by atomic mass is 10.0. The van der Waals surface area contributed by atoms with Crippen LogP contribution >= 0.6 is 27.5 Å². The normalized spacial score (nSPS) is 17.5. The summed E-state index contributed by atoms with van der Waals surface area (Å²) >= 11 is 9.26. The van der Waals surface area contributed by atoms with E-state index in [0.29, 0.717) is 5.41 Å². The highest BCUT2D eigenvalue weighted by atomic mass is 79.9. The first-order chi connectivity index (χ1) is 7.26. The summed E-state index contributed by atoms with van der Waals surface area (Å²) in [4.78, 5) is 4.28. The van der Waals surface area contributed by atoms with E-state index in [9.17, 15) is 0 Å². The third kappa shape index (κ3) is 2.85. The lowest BCUT2D eigenvalue weighted by Crippen LogP contribution is -2.16. The predicted molar refractivity (Wildman–Crippen MR) is 67.4 cm³/mol. The largest absolute Gasteiger partial charge is 0.369 e. The van der Waals surface area contributed by atoms with Crippen LogP contribution in [0.3, 0.4) is 0 Å². The molecule has 1 aliphatic rings. The Morgan fingerprint density at radius 1 is 1.53 bits per heavy atom. The van der Waals surface area contributed by atoms with Gasteiger partial charge in [-0.05, 0) is 52.7 Å². The number of nitrogens with one attached hydrogen (secondary N) is 1. The maximum atomic E-state index is 5.79. The van der Waals surface area contributed by atoms with Crippen LogP contribution in [0.2, 0.25) is 0 Å². The molecule has 1 aromatic heterocycles. The third-order valence-electron chi connectivity index (χ3n) is 2.97. The first kappa shape index (κ1) is 11.2. The number of rotatable bonds is 5. The van der Waals surface area contributed by atoms with Crippen LogP contribution in [0.25, 0.3) is 0 Å². The molecule has 2 rings (SSSR count). The molecule has 15 heavy (non-hydrogen) atoms. The Bertz CT molecular complexity index is 339. The second kappa shape index (κ2) is 4.71. The number of nitrogens with zero attached hydrogens (tertiary/aromatic N) is 1. The summed E-state index contributed by atoms with van der Waals surface area (Å²) in [7, 11) is 0. The molecular formula is C11H14BrClN2. The molecule has 1 aliphatic carbocycles. The van der Waals surface area contributed by atoms with Gasteiger partial charge < -0.3 is 5.32 Å². The van der Waals surface area contributed by atoms with Gasteiger partial charge >= 0.3 is 0 Å². The topological polar surface area (TPSA) is 24.9 Å². The first-order valence-electron chi connectivity index (χ1n) is 5.16. The van der Waals surface area contributed by atoms with Crippen molar-refractivity contribution >= 4 is 33.3 Å². The number of hydrogen-bond acceptors (Lipinski definition) is 2. The molecule has 1 N–H and O–H groups in total. The van der Waals surface area contributed by atoms with Gasteiger partial charge in [-0.25, -0.2) is 4.98 Å². The van der Waals surface area contributed by atoms with Crippen molar-refractivity contribution in [2.75, 3.05) is 17.7 Å². The molecule has 0 spiro atoms. The van der Waals surface area contributed by atoms with Crippen molar-refractivity contribution in [1.82, 2.24) is 4.98 Å². The van der Waals surface area contributed by atoms with Gasteiger partial charge in [-0.1, -0.05) is 0 Å². The van der Waals surface area contributed by atoms with E-state index >= 15 is 0 Å². The lowest BCUT2D eigenvalue weighted by molar-refractivity contribution is 0.524. The Morgan fingerprint density at radius 3 is 2.93 bits per heavy atom. The monoisotopic (exact) mass is 288 g/mol. The molecule has 0 bridgehead atoms. The Morgan fingerprint density at radius 2 is 2.33 bits per heavy atom. The molecule has 1 fully saturated rings. The highest BCUT2D eigenvalue weighted by Gasteiger charge is 2.41. The van der Waals surface area contributed by atoms with Crippen LogP contribution in [0, 0.1) is 5.41 Å². The zero-order chi connectivity index (χ0) is 10.7. The SMILES string of the molecule is ClCCC1(CNc2ncccc2Br)CC1. The molecule has 2 nitrogen and oxygen atoms in total. The minimum absolute atomic E-state index is 0.443. The lowest BCUT2D eigenvalue weighted by Gasteiger charge is -2.15. The van der Waals surface area contributed by atoms with E-state index < -0.39 is 0 Å². The van der Waals surface area contributed by atoms with Gasteiger partial charge in [0, 0.05) is 18.6 Å². The van der Waals surface area contributed by atoms with Gasteiger partial charge in [0.25, 0.3) is 0 Å². The van der Waals surface area contributed by atoms with Crippen molar-refractivity contribution in [2.45, 2.75) is 19.3 Å². The fourth-order valence-electron chi connectivity index (χ4n) is 1.68. The Labute approximate surface area is 104 Å². The fraction of sp³-hybridized carbons (Fsp3) is 0.545. The van der Waals surface area contributed by atoms with Gasteiger partial charge in [-0.3, -0.25) is 0 Å². The predicted octanol–water partition coefficient (Wildman–Crippen LogP) is 3.67. The summed E-state index contributed by atoms with van der Waals surface area (Å²) in [5, 5.41) is 3.38. The number of aromatic nitrogens is 1. The Kier molecular flexibility index (Phi) is 3.52. The van der Waals surface area contributed by atoms with Crippen LogP contribution < -0.4 is 5.32 Å². The van der Waals surface area contributed by atoms with Crippen LogP contribution in [0.4, 0.5) is 5.82 Å². The molecule has 82 valence electrons. The summed E-state index contributed by atoms with van der Waals surface area (Å²) in [6.45, 7) is 0.981. The molecule has 0 saturated heterocycles. The Hall–Kier alpha value is -0.280. The molecule has 0 aliphatic heterocycles. The van der Waals surface area contributed by atoms with E-state index in [1.807, 2.05) is 12.1 Å². The molecule has 1 heterocycles. The smallest absolute Gasteiger partial charge is 0.140 e. The highest BCUT2D eigenvalue weighted by molar-refractivity contribution is 9.10. The Balaban J connectivity index is 1.91. The van der Waals surface area contributed by atoms with Crippen molar-refractivity contribution in [3.63, 3.8) is 0 Å². The van der Waals surface area contributed by atoms with E-state index in [1.54, 1.807) is 6.20 Å². The van der Waals surface area contributed by atoms with Crippen LogP contribution in [-0.4, -0.2) is 17.4 Å². The molecule has 1 saturated carbocycles. The molecule has 0 atom stereocenters. The van der Waals surface area contributed by atoms with Crippen LogP contribution in [0.15, 0.2) is 22.8 Å². The van der Waals surface area contributed by atoms with E-state index in [2.05, 4.69) is 26.2 Å². The average molecular weight is 290 g/mol. The van der Waals surface area contributed by atoms with E-state index in [0.717, 1.165) is 29.1 Å². The third-order valence-corrected chi connectivity index (χ3v) is 3.80. The highest BCUT2D eigenvalue weighted by Crippen LogP contribution is 2.49. The van der Waals surface area contributed by atoms with Crippen molar-refractivity contribution in [1.29, 1.82) is 0 Å². The molecule has 0 amide bonds. The zero-order valence-electron chi connectivity index (χ0n) is 8.47. The molecule has 0 unspecified atom stereocenters. The maximum absolute atomic E-state index is 5.79. The number of pyridine rings is 1. The van der Waals surface area contributed by atoms with Gasteiger partial charge in [0.15, 0.2) is 0 Å². The number of alkyl halides is 1. The van der Waals surface area contributed by atoms with Crippen molar-refractivity contribution in [3.8, 4) is 0 Å². The minimum atomic E-state index is 0.443. The summed E-state index contributed by atoms with van der Waals surface area (Å²) in [5.74, 6) is 1.68. The van der Waals surface area contributed by atoms with E-state index in [1.165, 1.54) is 12.8 Å². The van der Waals surface area contributed by atoms with Crippen molar-refractivity contribution in [3.05, 3.63) is 22.8 Å². The average Bonchev–Trinajstić information content (AvgIpc) is 2.98. The first-order valence-corrected chi connectivity index (χ1v) is 6.49. The second-order valence-electron chi connectivity index (χ2n) is 4.13. The van der Waals surface area contributed by atoms with Crippen molar-refractivity contribution < 1.29 is 0 Å². The van der Waals surface area contributed by atoms with Gasteiger partial charge in [0.2, 0.25) is 0 Å². The van der Waals surface area contributed by atoms with E-state index in [-0.39, 0.29) is 0 Å². The van der Waals surface area contributed by atoms with Crippen molar-refractivity contribution in [2.24, 2.45) is 5.41 Å². The van der Waals surface area contributed by atoms with Crippen LogP contribution in [-0.2, 0) is 0 Å². The molecule has 0 radical (unpaired) electrons. The molecule has 0 aromatic carbocycles. The second-order valence-corrected chi connectivity index (χ2v) is 5.36. The van der Waals surface area contributed by atoms with Gasteiger partial charge in [0.1, 0.15) is 5.82 Å². The maximum Gasteiger partial charge on any atom is 0.140 e. The van der Waals surface area contributed by atoms with Gasteiger partial charge in [0.05, 0.1) is 4.47 Å². The number of hydrogen-bond donors (Lipinski definition) is 1. The zero-order valence-corrected chi connectivity index (χ0v) is 10.8. The molecule has 1 aromatic rings. The number of anilines is 1. The summed E-state index contributed by atoms with van der Waals surface area (Å²) in [5.41, 5.74) is 0.443. The summed E-state index contributed by atoms with van der Waals surface area (Å²) < 4.78 is 1.02. The van der Waals surface area contributed by atoms with E-state index in [4.69, 9.17) is 11.6 Å². The fourth-order valence-corrected chi connectivity index (χ4v) is 2.48. The molecule has 4 heteroatoms. The minimum Gasteiger partial charge on any atom is -0.369 e. The van der Waals surface area contributed by atoms with Gasteiger partial charge in [-0.2, -0.15) is 0 Å². The quantitative estimate of drug-likeness (QED) is 0.837. The molecular weight excluding hydrogens is 275 g/mol.